The molecule has 0 unspecified atom stereocenters. The fraction of sp³-hybridized carbons (Fsp3) is 0.0526. The van der Waals surface area contributed by atoms with Crippen LogP contribution in [0.3, 0.4) is 0 Å². The highest BCUT2D eigenvalue weighted by molar-refractivity contribution is 5.97. The van der Waals surface area contributed by atoms with E-state index in [2.05, 4.69) is 5.10 Å². The van der Waals surface area contributed by atoms with Gasteiger partial charge in [0.1, 0.15) is 0 Å². The van der Waals surface area contributed by atoms with Crippen molar-refractivity contribution in [1.29, 1.82) is 0 Å². The van der Waals surface area contributed by atoms with Crippen LogP contribution in [0, 0.1) is 0 Å². The first-order valence-electron chi connectivity index (χ1n) is 7.13. The number of para-hydroxylation sites is 1. The maximum absolute atomic E-state index is 11.8. The average Bonchev–Trinajstić information content (AvgIpc) is 2.99. The van der Waals surface area contributed by atoms with Crippen molar-refractivity contribution >= 4 is 17.9 Å². The van der Waals surface area contributed by atoms with E-state index in [1.165, 1.54) is 0 Å². The maximum atomic E-state index is 11.8. The van der Waals surface area contributed by atoms with Crippen LogP contribution in [-0.2, 0) is 0 Å². The molecular formula is C19H16N2O. The summed E-state index contributed by atoms with van der Waals surface area (Å²) in [7, 11) is 0. The van der Waals surface area contributed by atoms with Gasteiger partial charge in [-0.3, -0.25) is 4.79 Å². The molecule has 0 N–H and O–H groups in total. The number of ketones is 1. The van der Waals surface area contributed by atoms with Gasteiger partial charge in [0.2, 0.25) is 0 Å². The van der Waals surface area contributed by atoms with E-state index in [0.717, 1.165) is 11.3 Å². The van der Waals surface area contributed by atoms with E-state index >= 15 is 0 Å². The molecule has 1 aromatic heterocycles. The number of nitrogens with zero attached hydrogens (tertiary/aromatic N) is 2. The van der Waals surface area contributed by atoms with Crippen LogP contribution in [0.5, 0.6) is 0 Å². The van der Waals surface area contributed by atoms with Crippen molar-refractivity contribution in [2.24, 2.45) is 0 Å². The Kier molecular flexibility index (Phi) is 3.97. The van der Waals surface area contributed by atoms with Crippen molar-refractivity contribution in [2.45, 2.75) is 6.92 Å². The summed E-state index contributed by atoms with van der Waals surface area (Å²) in [4.78, 5) is 11.8. The molecule has 0 bridgehead atoms. The Morgan fingerprint density at radius 2 is 1.59 bits per heavy atom. The third kappa shape index (κ3) is 3.04. The summed E-state index contributed by atoms with van der Waals surface area (Å²) in [6.07, 6.45) is 5.62. The van der Waals surface area contributed by atoms with Gasteiger partial charge < -0.3 is 0 Å². The van der Waals surface area contributed by atoms with E-state index in [1.54, 1.807) is 17.8 Å². The monoisotopic (exact) mass is 288 g/mol. The van der Waals surface area contributed by atoms with Crippen LogP contribution in [0.1, 0.15) is 28.5 Å². The molecule has 108 valence electrons. The average molecular weight is 288 g/mol. The van der Waals surface area contributed by atoms with Crippen LogP contribution in [0.15, 0.2) is 66.9 Å². The van der Waals surface area contributed by atoms with E-state index < -0.39 is 0 Å². The Morgan fingerprint density at radius 1 is 0.955 bits per heavy atom. The molecule has 0 atom stereocenters. The Labute approximate surface area is 129 Å². The zero-order valence-corrected chi connectivity index (χ0v) is 12.3. The summed E-state index contributed by atoms with van der Waals surface area (Å²) < 4.78 is 1.74. The Balaban J connectivity index is 1.98. The molecule has 0 spiro atoms. The number of carbonyl (C=O) groups is 1. The molecule has 3 nitrogen and oxygen atoms in total. The van der Waals surface area contributed by atoms with Gasteiger partial charge in [-0.05, 0) is 30.7 Å². The number of Topliss-reactive ketones (excluding diaryl/α,β-unsaturated/α-hetero) is 1. The van der Waals surface area contributed by atoms with Gasteiger partial charge in [0.25, 0.3) is 0 Å². The summed E-state index contributed by atoms with van der Waals surface area (Å²) in [5, 5.41) is 4.53. The highest BCUT2D eigenvalue weighted by Crippen LogP contribution is 2.16. The van der Waals surface area contributed by atoms with Crippen LogP contribution in [-0.4, -0.2) is 15.6 Å². The molecule has 3 rings (SSSR count). The predicted molar refractivity (Wildman–Crippen MR) is 88.9 cm³/mol. The van der Waals surface area contributed by atoms with Gasteiger partial charge >= 0.3 is 0 Å². The lowest BCUT2D eigenvalue weighted by atomic mass is 10.1. The molecule has 0 radical (unpaired) electrons. The molecule has 1 heterocycles. The lowest BCUT2D eigenvalue weighted by Crippen LogP contribution is -1.93. The lowest BCUT2D eigenvalue weighted by Gasteiger charge is -1.98. The number of aromatic nitrogens is 2. The number of hydrogen-bond acceptors (Lipinski definition) is 2. The molecule has 3 aromatic rings. The van der Waals surface area contributed by atoms with Gasteiger partial charge in [0, 0.05) is 6.20 Å². The summed E-state index contributed by atoms with van der Waals surface area (Å²) in [6, 6.07) is 19.7. The van der Waals surface area contributed by atoms with E-state index in [0.29, 0.717) is 11.3 Å². The number of benzene rings is 2. The molecule has 22 heavy (non-hydrogen) atoms. The van der Waals surface area contributed by atoms with Crippen LogP contribution < -0.4 is 0 Å². The van der Waals surface area contributed by atoms with Gasteiger partial charge in [0.15, 0.2) is 5.78 Å². The lowest BCUT2D eigenvalue weighted by molar-refractivity contribution is 0.101. The highest BCUT2D eigenvalue weighted by atomic mass is 16.1. The van der Waals surface area contributed by atoms with Gasteiger partial charge in [-0.2, -0.15) is 5.10 Å². The van der Waals surface area contributed by atoms with Crippen molar-refractivity contribution < 1.29 is 4.79 Å². The third-order valence-electron chi connectivity index (χ3n) is 3.38. The molecular weight excluding hydrogens is 272 g/mol. The van der Waals surface area contributed by atoms with E-state index in [9.17, 15) is 4.79 Å². The third-order valence-corrected chi connectivity index (χ3v) is 3.38. The van der Waals surface area contributed by atoms with Crippen LogP contribution >= 0.6 is 0 Å². The number of hydrogen-bond donors (Lipinski definition) is 0. The maximum Gasteiger partial charge on any atom is 0.163 e. The van der Waals surface area contributed by atoms with Crippen molar-refractivity contribution in [3.63, 3.8) is 0 Å². The summed E-state index contributed by atoms with van der Waals surface area (Å²) >= 11 is 0. The fourth-order valence-corrected chi connectivity index (χ4v) is 2.23. The normalized spacial score (nSPS) is 11.0. The van der Waals surface area contributed by atoms with Crippen molar-refractivity contribution in [3.8, 4) is 5.69 Å². The van der Waals surface area contributed by atoms with Gasteiger partial charge in [-0.25, -0.2) is 4.68 Å². The minimum Gasteiger partial charge on any atom is -0.294 e. The predicted octanol–water partition coefficient (Wildman–Crippen LogP) is 4.25. The Hall–Kier alpha value is -2.94. The minimum absolute atomic E-state index is 0.00916. The van der Waals surface area contributed by atoms with E-state index in [-0.39, 0.29) is 5.78 Å². The molecule has 3 heteroatoms. The smallest absolute Gasteiger partial charge is 0.163 e. The molecule has 2 aromatic carbocycles. The molecule has 0 amide bonds. The SMILES string of the molecule is CC(=O)c1cn(-c2ccccc2)nc1/C=C/c1ccccc1. The summed E-state index contributed by atoms with van der Waals surface area (Å²) in [5.41, 5.74) is 3.31. The van der Waals surface area contributed by atoms with Crippen molar-refractivity contribution in [2.75, 3.05) is 0 Å². The van der Waals surface area contributed by atoms with E-state index in [1.807, 2.05) is 72.8 Å². The topological polar surface area (TPSA) is 34.9 Å². The van der Waals surface area contributed by atoms with Gasteiger partial charge in [-0.1, -0.05) is 54.6 Å². The van der Waals surface area contributed by atoms with Crippen LogP contribution in [0.2, 0.25) is 0 Å². The largest absolute Gasteiger partial charge is 0.294 e. The van der Waals surface area contributed by atoms with Gasteiger partial charge in [-0.15, -0.1) is 0 Å². The molecule has 0 aliphatic rings. The second kappa shape index (κ2) is 6.22. The number of carbonyl (C=O) groups excluding carboxylic acids is 1. The Morgan fingerprint density at radius 3 is 2.23 bits per heavy atom. The zero-order valence-electron chi connectivity index (χ0n) is 12.3. The first-order valence-corrected chi connectivity index (χ1v) is 7.13. The quantitative estimate of drug-likeness (QED) is 0.673. The second-order valence-corrected chi connectivity index (χ2v) is 5.01. The standard InChI is InChI=1S/C19H16N2O/c1-15(22)18-14-21(17-10-6-3-7-11-17)20-19(18)13-12-16-8-4-2-5-9-16/h2-14H,1H3/b13-12+. The molecule has 0 aliphatic carbocycles. The van der Waals surface area contributed by atoms with Gasteiger partial charge in [0.05, 0.1) is 16.9 Å². The molecule has 0 saturated heterocycles. The second-order valence-electron chi connectivity index (χ2n) is 5.01. The van der Waals surface area contributed by atoms with Crippen LogP contribution in [0.25, 0.3) is 17.8 Å². The molecule has 0 aliphatic heterocycles. The Bertz CT molecular complexity index is 802. The fourth-order valence-electron chi connectivity index (χ4n) is 2.23. The summed E-state index contributed by atoms with van der Waals surface area (Å²) in [5.74, 6) is 0.00916. The summed E-state index contributed by atoms with van der Waals surface area (Å²) in [6.45, 7) is 1.56. The molecule has 0 saturated carbocycles. The first kappa shape index (κ1) is 14.0. The number of rotatable bonds is 4. The molecule has 0 fully saturated rings. The highest BCUT2D eigenvalue weighted by Gasteiger charge is 2.11. The minimum atomic E-state index is 0.00916. The van der Waals surface area contributed by atoms with Crippen molar-refractivity contribution in [3.05, 3.63) is 83.7 Å². The zero-order chi connectivity index (χ0) is 15.4. The van der Waals surface area contributed by atoms with Crippen LogP contribution in [0.4, 0.5) is 0 Å². The van der Waals surface area contributed by atoms with E-state index in [4.69, 9.17) is 0 Å². The van der Waals surface area contributed by atoms with Crippen molar-refractivity contribution in [1.82, 2.24) is 9.78 Å². The first-order chi connectivity index (χ1) is 10.7.